The second-order valence-corrected chi connectivity index (χ2v) is 9.06. The Balaban J connectivity index is 2.45. The normalized spacial score (nSPS) is 25.2. The Morgan fingerprint density at radius 3 is 2.44 bits per heavy atom. The Hall–Kier alpha value is -0.640. The Morgan fingerprint density at radius 2 is 1.88 bits per heavy atom. The second-order valence-electron chi connectivity index (χ2n) is 4.82. The molecule has 0 bridgehead atoms. The molecule has 4 heteroatoms. The van der Waals surface area contributed by atoms with Crippen LogP contribution in [0.4, 0.5) is 13.2 Å². The first-order chi connectivity index (χ1) is 7.22. The maximum absolute atomic E-state index is 12.6. The lowest BCUT2D eigenvalue weighted by Crippen LogP contribution is -2.05. The second kappa shape index (κ2) is 3.42. The summed E-state index contributed by atoms with van der Waals surface area (Å²) >= 11 is 0. The molecule has 1 aromatic carbocycles. The first-order valence-corrected chi connectivity index (χ1v) is 7.80. The summed E-state index contributed by atoms with van der Waals surface area (Å²) < 4.78 is 37.7. The van der Waals surface area contributed by atoms with Crippen molar-refractivity contribution in [2.45, 2.75) is 24.1 Å². The maximum atomic E-state index is 12.6. The van der Waals surface area contributed by atoms with Crippen molar-refractivity contribution in [2.24, 2.45) is 0 Å². The molecule has 0 saturated carbocycles. The van der Waals surface area contributed by atoms with Crippen LogP contribution in [0.3, 0.4) is 0 Å². The highest BCUT2D eigenvalue weighted by molar-refractivity contribution is 8.32. The average molecular weight is 248 g/mol. The van der Waals surface area contributed by atoms with Crippen LogP contribution in [0.15, 0.2) is 18.2 Å². The molecule has 0 nitrogen and oxygen atoms in total. The van der Waals surface area contributed by atoms with Gasteiger partial charge in [0.1, 0.15) is 0 Å². The monoisotopic (exact) mass is 248 g/mol. The van der Waals surface area contributed by atoms with Crippen LogP contribution in [0.2, 0.25) is 0 Å². The van der Waals surface area contributed by atoms with Gasteiger partial charge in [0.25, 0.3) is 0 Å². The molecule has 0 radical (unpaired) electrons. The van der Waals surface area contributed by atoms with Gasteiger partial charge in [0.05, 0.1) is 5.56 Å². The molecular weight excluding hydrogens is 233 g/mol. The summed E-state index contributed by atoms with van der Waals surface area (Å²) in [6.07, 6.45) is 0.149. The number of halogens is 3. The van der Waals surface area contributed by atoms with Gasteiger partial charge in [-0.3, -0.25) is 0 Å². The summed E-state index contributed by atoms with van der Waals surface area (Å²) in [5, 5.41) is 0.407. The van der Waals surface area contributed by atoms with E-state index in [0.717, 1.165) is 16.9 Å². The summed E-state index contributed by atoms with van der Waals surface area (Å²) in [7, 11) is -0.814. The molecule has 0 N–H and O–H groups in total. The lowest BCUT2D eigenvalue weighted by atomic mass is 10.0. The van der Waals surface area contributed by atoms with Crippen LogP contribution in [0.25, 0.3) is 0 Å². The fraction of sp³-hybridized carbons (Fsp3) is 0.500. The van der Waals surface area contributed by atoms with Crippen LogP contribution in [0.1, 0.15) is 28.9 Å². The van der Waals surface area contributed by atoms with Crippen LogP contribution in [-0.4, -0.2) is 12.5 Å². The van der Waals surface area contributed by atoms with E-state index < -0.39 is 21.8 Å². The molecule has 1 atom stereocenters. The Labute approximate surface area is 95.2 Å². The highest BCUT2D eigenvalue weighted by atomic mass is 32.3. The molecule has 0 aliphatic carbocycles. The minimum absolute atomic E-state index is 0.407. The molecule has 1 heterocycles. The zero-order valence-electron chi connectivity index (χ0n) is 9.56. The first kappa shape index (κ1) is 11.8. The molecule has 0 amide bonds. The molecule has 0 aromatic heterocycles. The number of hydrogen-bond acceptors (Lipinski definition) is 0. The minimum atomic E-state index is -4.22. The maximum Gasteiger partial charge on any atom is 0.416 e. The van der Waals surface area contributed by atoms with E-state index in [1.54, 1.807) is 6.07 Å². The van der Waals surface area contributed by atoms with E-state index in [-0.39, 0.29) is 0 Å². The SMILES string of the molecule is CC1c2ccc(C(F)(F)F)cc2CS1(C)C. The van der Waals surface area contributed by atoms with Gasteiger partial charge >= 0.3 is 6.18 Å². The van der Waals surface area contributed by atoms with Gasteiger partial charge in [0, 0.05) is 11.0 Å². The standard InChI is InChI=1S/C12H15F3S/c1-8-11-5-4-10(12(13,14)15)6-9(11)7-16(8,2)3/h4-6,8H,7H2,1-3H3. The van der Waals surface area contributed by atoms with E-state index in [1.165, 1.54) is 12.1 Å². The summed E-state index contributed by atoms with van der Waals surface area (Å²) in [5.74, 6) is 0.813. The molecule has 0 spiro atoms. The van der Waals surface area contributed by atoms with Crippen LogP contribution >= 0.6 is 10.0 Å². The van der Waals surface area contributed by atoms with Crippen molar-refractivity contribution in [1.82, 2.24) is 0 Å². The average Bonchev–Trinajstić information content (AvgIpc) is 2.36. The van der Waals surface area contributed by atoms with Crippen molar-refractivity contribution in [1.29, 1.82) is 0 Å². The van der Waals surface area contributed by atoms with E-state index in [0.29, 0.717) is 5.25 Å². The van der Waals surface area contributed by atoms with Crippen LogP contribution in [-0.2, 0) is 11.9 Å². The van der Waals surface area contributed by atoms with E-state index >= 15 is 0 Å². The van der Waals surface area contributed by atoms with Gasteiger partial charge in [-0.1, -0.05) is 13.0 Å². The van der Waals surface area contributed by atoms with Gasteiger partial charge < -0.3 is 0 Å². The van der Waals surface area contributed by atoms with E-state index in [9.17, 15) is 13.2 Å². The van der Waals surface area contributed by atoms with Gasteiger partial charge in [-0.2, -0.15) is 13.2 Å². The van der Waals surface area contributed by atoms with Gasteiger partial charge in [-0.25, -0.2) is 10.0 Å². The van der Waals surface area contributed by atoms with Crippen molar-refractivity contribution in [3.63, 3.8) is 0 Å². The summed E-state index contributed by atoms with van der Waals surface area (Å²) in [6.45, 7) is 2.12. The summed E-state index contributed by atoms with van der Waals surface area (Å²) in [5.41, 5.74) is 1.48. The minimum Gasteiger partial charge on any atom is -0.236 e. The van der Waals surface area contributed by atoms with Crippen molar-refractivity contribution in [3.05, 3.63) is 34.9 Å². The van der Waals surface area contributed by atoms with E-state index in [2.05, 4.69) is 19.4 Å². The molecule has 1 aliphatic heterocycles. The van der Waals surface area contributed by atoms with Crippen molar-refractivity contribution < 1.29 is 13.2 Å². The van der Waals surface area contributed by atoms with Gasteiger partial charge in [-0.05, 0) is 35.8 Å². The molecule has 1 unspecified atom stereocenters. The number of alkyl halides is 3. The number of benzene rings is 1. The molecule has 16 heavy (non-hydrogen) atoms. The first-order valence-electron chi connectivity index (χ1n) is 5.12. The van der Waals surface area contributed by atoms with Gasteiger partial charge in [0.15, 0.2) is 0 Å². The van der Waals surface area contributed by atoms with Crippen LogP contribution < -0.4 is 0 Å². The lowest BCUT2D eigenvalue weighted by Gasteiger charge is -2.30. The molecule has 0 fully saturated rings. The topological polar surface area (TPSA) is 0 Å². The zero-order valence-corrected chi connectivity index (χ0v) is 10.4. The van der Waals surface area contributed by atoms with Crippen LogP contribution in [0, 0.1) is 0 Å². The highest BCUT2D eigenvalue weighted by Crippen LogP contribution is 2.63. The fourth-order valence-corrected chi connectivity index (χ4v) is 4.39. The molecule has 2 rings (SSSR count). The van der Waals surface area contributed by atoms with Gasteiger partial charge in [-0.15, -0.1) is 0 Å². The Kier molecular flexibility index (Phi) is 2.53. The predicted molar refractivity (Wildman–Crippen MR) is 63.0 cm³/mol. The van der Waals surface area contributed by atoms with Crippen LogP contribution in [0.5, 0.6) is 0 Å². The third-order valence-electron chi connectivity index (χ3n) is 3.39. The summed E-state index contributed by atoms with van der Waals surface area (Å²) in [6, 6.07) is 4.19. The van der Waals surface area contributed by atoms with Gasteiger partial charge in [0.2, 0.25) is 0 Å². The number of fused-ring (bicyclic) bond motifs is 1. The number of rotatable bonds is 0. The fourth-order valence-electron chi connectivity index (χ4n) is 2.17. The molecule has 0 saturated heterocycles. The molecule has 90 valence electrons. The van der Waals surface area contributed by atoms with E-state index in [1.807, 2.05) is 0 Å². The van der Waals surface area contributed by atoms with E-state index in [4.69, 9.17) is 0 Å². The molecule has 1 aliphatic rings. The zero-order chi connectivity index (χ0) is 12.1. The van der Waals surface area contributed by atoms with Crippen molar-refractivity contribution in [2.75, 3.05) is 12.5 Å². The Bertz CT molecular complexity index is 421. The largest absolute Gasteiger partial charge is 0.416 e. The predicted octanol–water partition coefficient (Wildman–Crippen LogP) is 4.34. The third kappa shape index (κ3) is 1.83. The quantitative estimate of drug-likeness (QED) is 0.640. The lowest BCUT2D eigenvalue weighted by molar-refractivity contribution is -0.137. The summed E-state index contributed by atoms with van der Waals surface area (Å²) in [4.78, 5) is 0. The smallest absolute Gasteiger partial charge is 0.236 e. The Morgan fingerprint density at radius 1 is 1.25 bits per heavy atom. The third-order valence-corrected chi connectivity index (χ3v) is 6.62. The molecular formula is C12H15F3S. The van der Waals surface area contributed by atoms with Crippen molar-refractivity contribution in [3.8, 4) is 0 Å². The number of hydrogen-bond donors (Lipinski definition) is 0. The van der Waals surface area contributed by atoms with Crippen molar-refractivity contribution >= 4 is 10.0 Å². The highest BCUT2D eigenvalue weighted by Gasteiger charge is 2.36. The molecule has 1 aromatic rings.